The Labute approximate surface area is 102 Å². The molecule has 0 unspecified atom stereocenters. The number of nitrogens with one attached hydrogen (secondary N) is 1. The molecule has 5 heteroatoms. The van der Waals surface area contributed by atoms with Crippen LogP contribution in [0.1, 0.15) is 5.69 Å². The first-order valence-corrected chi connectivity index (χ1v) is 6.10. The van der Waals surface area contributed by atoms with E-state index in [0.29, 0.717) is 0 Å². The highest BCUT2D eigenvalue weighted by atomic mass is 32.1. The number of hydrogen-bond donors (Lipinski definition) is 1. The molecule has 1 N–H and O–H groups in total. The van der Waals surface area contributed by atoms with Gasteiger partial charge in [-0.05, 0) is 19.1 Å². The van der Waals surface area contributed by atoms with E-state index in [2.05, 4.69) is 20.3 Å². The Hall–Kier alpha value is -2.01. The summed E-state index contributed by atoms with van der Waals surface area (Å²) in [4.78, 5) is 12.8. The summed E-state index contributed by atoms with van der Waals surface area (Å²) in [5.41, 5.74) is 1.94. The molecule has 0 saturated carbocycles. The van der Waals surface area contributed by atoms with E-state index in [1.54, 1.807) is 17.7 Å². The summed E-state index contributed by atoms with van der Waals surface area (Å²) < 4.78 is 0. The van der Waals surface area contributed by atoms with Gasteiger partial charge in [0.05, 0.1) is 11.2 Å². The van der Waals surface area contributed by atoms with Gasteiger partial charge in [-0.25, -0.2) is 15.0 Å². The predicted octanol–water partition coefficient (Wildman–Crippen LogP) is 3.14. The number of hydrogen-bond acceptors (Lipinski definition) is 5. The molecular formula is C12H10N4S. The number of thiazole rings is 1. The van der Waals surface area contributed by atoms with Crippen molar-refractivity contribution in [3.8, 4) is 0 Å². The van der Waals surface area contributed by atoms with Crippen molar-refractivity contribution in [3.05, 3.63) is 41.7 Å². The van der Waals surface area contributed by atoms with Crippen LogP contribution in [-0.4, -0.2) is 15.0 Å². The van der Waals surface area contributed by atoms with Gasteiger partial charge in [0.25, 0.3) is 0 Å². The van der Waals surface area contributed by atoms with Crippen LogP contribution in [0.15, 0.2) is 36.0 Å². The van der Waals surface area contributed by atoms with Crippen molar-refractivity contribution >= 4 is 33.2 Å². The SMILES string of the molecule is Cc1csc(Nc2ncnc3ccccc23)n1. The molecule has 0 amide bonds. The molecule has 0 aliphatic heterocycles. The lowest BCUT2D eigenvalue weighted by Crippen LogP contribution is -1.95. The van der Waals surface area contributed by atoms with E-state index in [4.69, 9.17) is 0 Å². The van der Waals surface area contributed by atoms with E-state index in [0.717, 1.165) is 27.5 Å². The minimum atomic E-state index is 0.796. The lowest BCUT2D eigenvalue weighted by molar-refractivity contribution is 1.20. The van der Waals surface area contributed by atoms with Gasteiger partial charge >= 0.3 is 0 Å². The average Bonchev–Trinajstić information content (AvgIpc) is 2.75. The first kappa shape index (κ1) is 10.2. The number of benzene rings is 1. The van der Waals surface area contributed by atoms with Gasteiger partial charge in [-0.3, -0.25) is 0 Å². The molecule has 0 aliphatic rings. The highest BCUT2D eigenvalue weighted by Gasteiger charge is 2.04. The van der Waals surface area contributed by atoms with Gasteiger partial charge in [0.15, 0.2) is 5.13 Å². The molecule has 2 aromatic heterocycles. The normalized spacial score (nSPS) is 10.6. The number of nitrogens with zero attached hydrogens (tertiary/aromatic N) is 3. The predicted molar refractivity (Wildman–Crippen MR) is 69.7 cm³/mol. The molecule has 3 aromatic rings. The molecule has 3 rings (SSSR count). The summed E-state index contributed by atoms with van der Waals surface area (Å²) in [6.45, 7) is 1.97. The molecule has 0 saturated heterocycles. The molecule has 0 atom stereocenters. The maximum absolute atomic E-state index is 4.36. The first-order chi connectivity index (χ1) is 8.33. The summed E-state index contributed by atoms with van der Waals surface area (Å²) in [7, 11) is 0. The zero-order valence-corrected chi connectivity index (χ0v) is 10.0. The molecule has 2 heterocycles. The fourth-order valence-electron chi connectivity index (χ4n) is 1.62. The van der Waals surface area contributed by atoms with E-state index in [9.17, 15) is 0 Å². The summed E-state index contributed by atoms with van der Waals surface area (Å²) in [5, 5.41) is 7.09. The van der Waals surface area contributed by atoms with Gasteiger partial charge < -0.3 is 5.32 Å². The summed E-state index contributed by atoms with van der Waals surface area (Å²) in [5.74, 6) is 0.796. The van der Waals surface area contributed by atoms with Crippen LogP contribution in [0.4, 0.5) is 10.9 Å². The van der Waals surface area contributed by atoms with Crippen LogP contribution in [0.25, 0.3) is 10.9 Å². The quantitative estimate of drug-likeness (QED) is 0.750. The molecule has 84 valence electrons. The van der Waals surface area contributed by atoms with Gasteiger partial charge in [-0.15, -0.1) is 11.3 Å². The number of rotatable bonds is 2. The van der Waals surface area contributed by atoms with Gasteiger partial charge in [0.2, 0.25) is 0 Å². The molecule has 4 nitrogen and oxygen atoms in total. The Morgan fingerprint density at radius 3 is 2.88 bits per heavy atom. The average molecular weight is 242 g/mol. The van der Waals surface area contributed by atoms with E-state index in [-0.39, 0.29) is 0 Å². The Balaban J connectivity index is 2.05. The fraction of sp³-hybridized carbons (Fsp3) is 0.0833. The van der Waals surface area contributed by atoms with E-state index >= 15 is 0 Å². The maximum atomic E-state index is 4.36. The minimum Gasteiger partial charge on any atom is -0.316 e. The monoisotopic (exact) mass is 242 g/mol. The van der Waals surface area contributed by atoms with Crippen LogP contribution in [0.3, 0.4) is 0 Å². The lowest BCUT2D eigenvalue weighted by atomic mass is 10.2. The van der Waals surface area contributed by atoms with Crippen LogP contribution in [0.5, 0.6) is 0 Å². The Morgan fingerprint density at radius 2 is 2.06 bits per heavy atom. The number of fused-ring (bicyclic) bond motifs is 1. The van der Waals surface area contributed by atoms with Gasteiger partial charge in [0.1, 0.15) is 12.1 Å². The van der Waals surface area contributed by atoms with Crippen LogP contribution < -0.4 is 5.32 Å². The molecule has 0 spiro atoms. The Kier molecular flexibility index (Phi) is 2.45. The van der Waals surface area contributed by atoms with Crippen molar-refractivity contribution in [2.24, 2.45) is 0 Å². The third kappa shape index (κ3) is 1.97. The smallest absolute Gasteiger partial charge is 0.188 e. The van der Waals surface area contributed by atoms with Crippen molar-refractivity contribution in [2.45, 2.75) is 6.92 Å². The van der Waals surface area contributed by atoms with Gasteiger partial charge in [-0.1, -0.05) is 12.1 Å². The second kappa shape index (κ2) is 4.10. The highest BCUT2D eigenvalue weighted by Crippen LogP contribution is 2.24. The second-order valence-electron chi connectivity index (χ2n) is 3.66. The molecule has 0 bridgehead atoms. The number of aromatic nitrogens is 3. The topological polar surface area (TPSA) is 50.7 Å². The zero-order chi connectivity index (χ0) is 11.7. The zero-order valence-electron chi connectivity index (χ0n) is 9.21. The molecule has 17 heavy (non-hydrogen) atoms. The molecular weight excluding hydrogens is 232 g/mol. The maximum Gasteiger partial charge on any atom is 0.188 e. The molecule has 0 fully saturated rings. The number of para-hydroxylation sites is 1. The summed E-state index contributed by atoms with van der Waals surface area (Å²) in [6.07, 6.45) is 1.56. The highest BCUT2D eigenvalue weighted by molar-refractivity contribution is 7.13. The largest absolute Gasteiger partial charge is 0.316 e. The second-order valence-corrected chi connectivity index (χ2v) is 4.52. The van der Waals surface area contributed by atoms with E-state index in [1.807, 2.05) is 36.6 Å². The first-order valence-electron chi connectivity index (χ1n) is 5.22. The third-order valence-electron chi connectivity index (χ3n) is 2.39. The number of anilines is 2. The fourth-order valence-corrected chi connectivity index (χ4v) is 2.30. The standard InChI is InChI=1S/C12H10N4S/c1-8-6-17-12(15-8)16-11-9-4-2-3-5-10(9)13-7-14-11/h2-7H,1H3,(H,13,14,15,16). The van der Waals surface area contributed by atoms with Gasteiger partial charge in [0, 0.05) is 10.8 Å². The van der Waals surface area contributed by atoms with Crippen LogP contribution >= 0.6 is 11.3 Å². The van der Waals surface area contributed by atoms with Crippen LogP contribution in [-0.2, 0) is 0 Å². The third-order valence-corrected chi connectivity index (χ3v) is 3.26. The van der Waals surface area contributed by atoms with Crippen LogP contribution in [0.2, 0.25) is 0 Å². The molecule has 1 aromatic carbocycles. The van der Waals surface area contributed by atoms with Crippen LogP contribution in [0, 0.1) is 6.92 Å². The Morgan fingerprint density at radius 1 is 1.18 bits per heavy atom. The summed E-state index contributed by atoms with van der Waals surface area (Å²) in [6, 6.07) is 7.91. The van der Waals surface area contributed by atoms with Crippen molar-refractivity contribution in [1.82, 2.24) is 15.0 Å². The van der Waals surface area contributed by atoms with E-state index in [1.165, 1.54) is 0 Å². The minimum absolute atomic E-state index is 0.796. The van der Waals surface area contributed by atoms with Crippen molar-refractivity contribution in [2.75, 3.05) is 5.32 Å². The Bertz CT molecular complexity index is 657. The van der Waals surface area contributed by atoms with Crippen molar-refractivity contribution in [3.63, 3.8) is 0 Å². The lowest BCUT2D eigenvalue weighted by Gasteiger charge is -2.04. The molecule has 0 radical (unpaired) electrons. The summed E-state index contributed by atoms with van der Waals surface area (Å²) >= 11 is 1.57. The van der Waals surface area contributed by atoms with Crippen molar-refractivity contribution < 1.29 is 0 Å². The van der Waals surface area contributed by atoms with E-state index < -0.39 is 0 Å². The van der Waals surface area contributed by atoms with Gasteiger partial charge in [-0.2, -0.15) is 0 Å². The van der Waals surface area contributed by atoms with Crippen molar-refractivity contribution in [1.29, 1.82) is 0 Å². The number of aryl methyl sites for hydroxylation is 1. The molecule has 0 aliphatic carbocycles.